The Kier molecular flexibility index (Phi) is 6.79. The van der Waals surface area contributed by atoms with E-state index in [2.05, 4.69) is 55.5 Å². The molecule has 2 N–H and O–H groups in total. The number of aryl methyl sites for hydroxylation is 1. The number of aromatic nitrogens is 1. The Morgan fingerprint density at radius 3 is 2.57 bits per heavy atom. The molecule has 1 unspecified atom stereocenters. The number of halogens is 1. The molecule has 3 aromatic rings. The highest BCUT2D eigenvalue weighted by atomic mass is 35.5. The van der Waals surface area contributed by atoms with Crippen molar-refractivity contribution < 1.29 is 4.79 Å². The van der Waals surface area contributed by atoms with Crippen molar-refractivity contribution in [3.05, 3.63) is 70.4 Å². The molecular weight excluding hydrogens is 368 g/mol. The van der Waals surface area contributed by atoms with Gasteiger partial charge in [0, 0.05) is 41.0 Å². The lowest BCUT2D eigenvalue weighted by atomic mass is 9.87. The lowest BCUT2D eigenvalue weighted by molar-refractivity contribution is -0.121. The third-order valence-corrected chi connectivity index (χ3v) is 5.55. The number of benzene rings is 2. The number of para-hydroxylation sites is 1. The van der Waals surface area contributed by atoms with E-state index in [0.29, 0.717) is 17.4 Å². The molecule has 0 spiro atoms. The van der Waals surface area contributed by atoms with Crippen molar-refractivity contribution in [2.75, 3.05) is 6.54 Å². The summed E-state index contributed by atoms with van der Waals surface area (Å²) >= 11 is 6.09. The Labute approximate surface area is 172 Å². The van der Waals surface area contributed by atoms with E-state index in [1.807, 2.05) is 24.3 Å². The Morgan fingerprint density at radius 1 is 1.14 bits per heavy atom. The molecule has 0 aliphatic carbocycles. The van der Waals surface area contributed by atoms with Crippen molar-refractivity contribution >= 4 is 28.4 Å². The molecule has 1 amide bonds. The first-order chi connectivity index (χ1) is 13.5. The third kappa shape index (κ3) is 4.77. The van der Waals surface area contributed by atoms with E-state index in [1.165, 1.54) is 16.5 Å². The summed E-state index contributed by atoms with van der Waals surface area (Å²) in [5, 5.41) is 4.98. The second-order valence-electron chi connectivity index (χ2n) is 7.78. The number of aromatic amines is 1. The van der Waals surface area contributed by atoms with Crippen molar-refractivity contribution in [2.45, 2.75) is 46.0 Å². The maximum Gasteiger partial charge on any atom is 0.220 e. The van der Waals surface area contributed by atoms with Crippen molar-refractivity contribution in [1.82, 2.24) is 10.3 Å². The van der Waals surface area contributed by atoms with Gasteiger partial charge in [-0.05, 0) is 47.6 Å². The molecule has 0 bridgehead atoms. The first kappa shape index (κ1) is 20.5. The molecule has 2 aromatic carbocycles. The highest BCUT2D eigenvalue weighted by Gasteiger charge is 2.22. The van der Waals surface area contributed by atoms with Crippen molar-refractivity contribution in [3.63, 3.8) is 0 Å². The summed E-state index contributed by atoms with van der Waals surface area (Å²) in [6.07, 6.45) is 4.44. The standard InChI is InChI=1S/C24H29ClN2O/c1-4-17-6-5-7-20-22(15-27-24(17)20)21(18-8-10-19(25)11-9-18)14-23(28)26-13-12-16(2)3/h5-11,15-16,21,27H,4,12-14H2,1-3H3,(H,26,28). The summed E-state index contributed by atoms with van der Waals surface area (Å²) in [7, 11) is 0. The number of nitrogens with one attached hydrogen (secondary N) is 2. The Hall–Kier alpha value is -2.26. The maximum absolute atomic E-state index is 12.7. The number of rotatable bonds is 8. The number of carbonyl (C=O) groups is 1. The maximum atomic E-state index is 12.7. The summed E-state index contributed by atoms with van der Waals surface area (Å²) < 4.78 is 0. The average molecular weight is 397 g/mol. The molecule has 0 saturated carbocycles. The van der Waals surface area contributed by atoms with Crippen LogP contribution in [-0.4, -0.2) is 17.4 Å². The van der Waals surface area contributed by atoms with Crippen molar-refractivity contribution in [2.24, 2.45) is 5.92 Å². The van der Waals surface area contributed by atoms with Crippen molar-refractivity contribution in [1.29, 1.82) is 0 Å². The topological polar surface area (TPSA) is 44.9 Å². The van der Waals surface area contributed by atoms with Crippen molar-refractivity contribution in [3.8, 4) is 0 Å². The van der Waals surface area contributed by atoms with Gasteiger partial charge in [0.15, 0.2) is 0 Å². The van der Waals surface area contributed by atoms with Gasteiger partial charge in [0.25, 0.3) is 0 Å². The molecule has 0 radical (unpaired) electrons. The zero-order valence-electron chi connectivity index (χ0n) is 16.9. The van der Waals surface area contributed by atoms with Gasteiger partial charge in [-0.15, -0.1) is 0 Å². The monoisotopic (exact) mass is 396 g/mol. The van der Waals surface area contributed by atoms with Crippen LogP contribution in [0.25, 0.3) is 10.9 Å². The van der Waals surface area contributed by atoms with Crippen LogP contribution in [0.3, 0.4) is 0 Å². The average Bonchev–Trinajstić information content (AvgIpc) is 3.10. The molecule has 1 aromatic heterocycles. The first-order valence-corrected chi connectivity index (χ1v) is 10.5. The van der Waals surface area contributed by atoms with Gasteiger partial charge in [-0.1, -0.05) is 62.7 Å². The summed E-state index contributed by atoms with van der Waals surface area (Å²) in [6.45, 7) is 7.21. The zero-order chi connectivity index (χ0) is 20.1. The summed E-state index contributed by atoms with van der Waals surface area (Å²) in [5.41, 5.74) is 4.72. The first-order valence-electron chi connectivity index (χ1n) is 10.1. The molecule has 0 aliphatic rings. The van der Waals surface area contributed by atoms with Gasteiger partial charge >= 0.3 is 0 Å². The van der Waals surface area contributed by atoms with E-state index in [9.17, 15) is 4.79 Å². The molecule has 148 valence electrons. The van der Waals surface area contributed by atoms with Crippen LogP contribution in [0.2, 0.25) is 5.02 Å². The lowest BCUT2D eigenvalue weighted by Gasteiger charge is -2.18. The van der Waals surface area contributed by atoms with Gasteiger partial charge in [-0.25, -0.2) is 0 Å². The predicted octanol–water partition coefficient (Wildman–Crippen LogP) is 6.07. The fourth-order valence-electron chi connectivity index (χ4n) is 3.68. The minimum absolute atomic E-state index is 0.0165. The SMILES string of the molecule is CCc1cccc2c(C(CC(=O)NCCC(C)C)c3ccc(Cl)cc3)c[nH]c12. The molecule has 0 aliphatic heterocycles. The molecule has 1 atom stereocenters. The second kappa shape index (κ2) is 9.29. The van der Waals surface area contributed by atoms with Crippen LogP contribution < -0.4 is 5.32 Å². The van der Waals surface area contributed by atoms with E-state index in [4.69, 9.17) is 11.6 Å². The fourth-order valence-corrected chi connectivity index (χ4v) is 3.81. The summed E-state index contributed by atoms with van der Waals surface area (Å²) in [6, 6.07) is 14.2. The molecule has 3 rings (SSSR count). The second-order valence-corrected chi connectivity index (χ2v) is 8.21. The van der Waals surface area contributed by atoms with E-state index in [0.717, 1.165) is 30.5 Å². The molecular formula is C24H29ClN2O. The lowest BCUT2D eigenvalue weighted by Crippen LogP contribution is -2.27. The Balaban J connectivity index is 1.93. The van der Waals surface area contributed by atoms with Gasteiger partial charge in [0.05, 0.1) is 0 Å². The Morgan fingerprint density at radius 2 is 1.89 bits per heavy atom. The molecule has 1 heterocycles. The van der Waals surface area contributed by atoms with E-state index >= 15 is 0 Å². The number of H-pyrrole nitrogens is 1. The predicted molar refractivity (Wildman–Crippen MR) is 118 cm³/mol. The third-order valence-electron chi connectivity index (χ3n) is 5.30. The smallest absolute Gasteiger partial charge is 0.220 e. The fraction of sp³-hybridized carbons (Fsp3) is 0.375. The van der Waals surface area contributed by atoms with Crippen LogP contribution in [0.15, 0.2) is 48.7 Å². The molecule has 4 heteroatoms. The van der Waals surface area contributed by atoms with Crippen LogP contribution in [0.4, 0.5) is 0 Å². The molecule has 0 fully saturated rings. The molecule has 0 saturated heterocycles. The van der Waals surface area contributed by atoms with Crippen LogP contribution in [0.1, 0.15) is 56.2 Å². The molecule has 28 heavy (non-hydrogen) atoms. The number of fused-ring (bicyclic) bond motifs is 1. The van der Waals surface area contributed by atoms with Gasteiger partial charge in [-0.3, -0.25) is 4.79 Å². The number of hydrogen-bond acceptors (Lipinski definition) is 1. The highest BCUT2D eigenvalue weighted by Crippen LogP contribution is 2.35. The van der Waals surface area contributed by atoms with E-state index < -0.39 is 0 Å². The van der Waals surface area contributed by atoms with E-state index in [-0.39, 0.29) is 11.8 Å². The van der Waals surface area contributed by atoms with Gasteiger partial charge in [0.1, 0.15) is 0 Å². The van der Waals surface area contributed by atoms with Crippen LogP contribution in [-0.2, 0) is 11.2 Å². The van der Waals surface area contributed by atoms with Crippen LogP contribution in [0, 0.1) is 5.92 Å². The number of amides is 1. The molecule has 3 nitrogen and oxygen atoms in total. The van der Waals surface area contributed by atoms with Gasteiger partial charge in [-0.2, -0.15) is 0 Å². The number of hydrogen-bond donors (Lipinski definition) is 2. The Bertz CT molecular complexity index is 927. The largest absolute Gasteiger partial charge is 0.361 e. The number of carbonyl (C=O) groups excluding carboxylic acids is 1. The normalized spacial score (nSPS) is 12.5. The van der Waals surface area contributed by atoms with Gasteiger partial charge < -0.3 is 10.3 Å². The van der Waals surface area contributed by atoms with E-state index in [1.54, 1.807) is 0 Å². The summed E-state index contributed by atoms with van der Waals surface area (Å²) in [4.78, 5) is 16.1. The zero-order valence-corrected chi connectivity index (χ0v) is 17.6. The summed E-state index contributed by atoms with van der Waals surface area (Å²) in [5.74, 6) is 0.646. The minimum Gasteiger partial charge on any atom is -0.361 e. The highest BCUT2D eigenvalue weighted by molar-refractivity contribution is 6.30. The van der Waals surface area contributed by atoms with Crippen LogP contribution >= 0.6 is 11.6 Å². The quantitative estimate of drug-likeness (QED) is 0.477. The minimum atomic E-state index is -0.0165. The van der Waals surface area contributed by atoms with Gasteiger partial charge in [0.2, 0.25) is 5.91 Å². The van der Waals surface area contributed by atoms with Crippen LogP contribution in [0.5, 0.6) is 0 Å².